The lowest BCUT2D eigenvalue weighted by molar-refractivity contribution is 1.50. The standard InChI is InChI=1S/C5H6S2/c6-5-3-1-2-4-7-5/h1-2H,3-4H2. The van der Waals surface area contributed by atoms with Crippen LogP contribution in [0.2, 0.25) is 0 Å². The van der Waals surface area contributed by atoms with Crippen molar-refractivity contribution in [1.82, 2.24) is 0 Å². The fourth-order valence-corrected chi connectivity index (χ4v) is 1.38. The van der Waals surface area contributed by atoms with E-state index in [2.05, 4.69) is 12.2 Å². The van der Waals surface area contributed by atoms with Gasteiger partial charge in [-0.05, 0) is 0 Å². The largest absolute Gasteiger partial charge is 0.114 e. The number of allylic oxidation sites excluding steroid dienone is 1. The van der Waals surface area contributed by atoms with E-state index in [1.165, 1.54) is 0 Å². The van der Waals surface area contributed by atoms with Gasteiger partial charge in [-0.3, -0.25) is 0 Å². The fourth-order valence-electron chi connectivity index (χ4n) is 0.448. The van der Waals surface area contributed by atoms with E-state index in [0.29, 0.717) is 0 Å². The first kappa shape index (κ1) is 5.32. The Morgan fingerprint density at radius 3 is 2.71 bits per heavy atom. The van der Waals surface area contributed by atoms with E-state index in [1.54, 1.807) is 11.8 Å². The molecule has 0 aromatic rings. The van der Waals surface area contributed by atoms with Gasteiger partial charge in [-0.1, -0.05) is 24.4 Å². The zero-order valence-electron chi connectivity index (χ0n) is 3.89. The van der Waals surface area contributed by atoms with Crippen molar-refractivity contribution in [2.45, 2.75) is 6.42 Å². The lowest BCUT2D eigenvalue weighted by atomic mass is 10.4. The summed E-state index contributed by atoms with van der Waals surface area (Å²) in [5, 5.41) is 0. The molecular formula is C5H6S2. The van der Waals surface area contributed by atoms with E-state index in [9.17, 15) is 0 Å². The SMILES string of the molecule is S=C1CC=CCS1. The molecule has 38 valence electrons. The maximum absolute atomic E-state index is 4.92. The average molecular weight is 130 g/mol. The van der Waals surface area contributed by atoms with E-state index in [0.717, 1.165) is 16.4 Å². The second-order valence-electron chi connectivity index (χ2n) is 1.36. The Labute approximate surface area is 53.0 Å². The second kappa shape index (κ2) is 2.48. The Balaban J connectivity index is 2.47. The molecule has 0 radical (unpaired) electrons. The number of hydrogen-bond acceptors (Lipinski definition) is 2. The molecular weight excluding hydrogens is 124 g/mol. The predicted molar refractivity (Wildman–Crippen MR) is 38.8 cm³/mol. The smallest absolute Gasteiger partial charge is 0.0519 e. The summed E-state index contributed by atoms with van der Waals surface area (Å²) in [5.74, 6) is 1.08. The van der Waals surface area contributed by atoms with Crippen molar-refractivity contribution in [2.75, 3.05) is 5.75 Å². The highest BCUT2D eigenvalue weighted by Gasteiger charge is 1.96. The lowest BCUT2D eigenvalue weighted by Crippen LogP contribution is -1.90. The monoisotopic (exact) mass is 130 g/mol. The van der Waals surface area contributed by atoms with Crippen LogP contribution >= 0.6 is 24.0 Å². The van der Waals surface area contributed by atoms with Crippen LogP contribution in [0.5, 0.6) is 0 Å². The molecule has 0 aromatic heterocycles. The maximum Gasteiger partial charge on any atom is 0.0519 e. The van der Waals surface area contributed by atoms with Crippen molar-refractivity contribution < 1.29 is 0 Å². The Morgan fingerprint density at radius 1 is 1.57 bits per heavy atom. The Hall–Kier alpha value is 0.180. The highest BCUT2D eigenvalue weighted by molar-refractivity contribution is 8.23. The van der Waals surface area contributed by atoms with Gasteiger partial charge in [-0.15, -0.1) is 11.8 Å². The third kappa shape index (κ3) is 1.61. The van der Waals surface area contributed by atoms with Gasteiger partial charge in [0, 0.05) is 12.2 Å². The van der Waals surface area contributed by atoms with Gasteiger partial charge in [0.05, 0.1) is 4.20 Å². The van der Waals surface area contributed by atoms with E-state index in [-0.39, 0.29) is 0 Å². The summed E-state index contributed by atoms with van der Waals surface area (Å²) < 4.78 is 1.13. The molecule has 1 heterocycles. The third-order valence-electron chi connectivity index (χ3n) is 0.792. The van der Waals surface area contributed by atoms with Gasteiger partial charge < -0.3 is 0 Å². The highest BCUT2D eigenvalue weighted by Crippen LogP contribution is 2.13. The maximum atomic E-state index is 4.92. The topological polar surface area (TPSA) is 0 Å². The van der Waals surface area contributed by atoms with Crippen LogP contribution in [0.3, 0.4) is 0 Å². The van der Waals surface area contributed by atoms with Crippen LogP contribution in [-0.2, 0) is 0 Å². The zero-order chi connectivity index (χ0) is 5.11. The Bertz CT molecular complexity index is 105. The summed E-state index contributed by atoms with van der Waals surface area (Å²) in [6.45, 7) is 0. The molecule has 0 N–H and O–H groups in total. The van der Waals surface area contributed by atoms with E-state index in [1.807, 2.05) is 0 Å². The summed E-state index contributed by atoms with van der Waals surface area (Å²) in [6, 6.07) is 0. The first-order valence-electron chi connectivity index (χ1n) is 2.20. The first-order chi connectivity index (χ1) is 3.39. The summed E-state index contributed by atoms with van der Waals surface area (Å²) in [4.78, 5) is 0. The summed E-state index contributed by atoms with van der Waals surface area (Å²) >= 11 is 6.68. The molecule has 2 heteroatoms. The van der Waals surface area contributed by atoms with Crippen LogP contribution in [0, 0.1) is 0 Å². The van der Waals surface area contributed by atoms with Crippen LogP contribution in [0.4, 0.5) is 0 Å². The van der Waals surface area contributed by atoms with Gasteiger partial charge >= 0.3 is 0 Å². The quantitative estimate of drug-likeness (QED) is 0.363. The van der Waals surface area contributed by atoms with Crippen molar-refractivity contribution in [1.29, 1.82) is 0 Å². The van der Waals surface area contributed by atoms with Gasteiger partial charge in [0.15, 0.2) is 0 Å². The Kier molecular flexibility index (Phi) is 1.88. The molecule has 0 amide bonds. The summed E-state index contributed by atoms with van der Waals surface area (Å²) in [7, 11) is 0. The van der Waals surface area contributed by atoms with Crippen molar-refractivity contribution >= 4 is 28.2 Å². The van der Waals surface area contributed by atoms with Gasteiger partial charge in [0.2, 0.25) is 0 Å². The van der Waals surface area contributed by atoms with Crippen molar-refractivity contribution in [3.63, 3.8) is 0 Å². The molecule has 0 spiro atoms. The minimum Gasteiger partial charge on any atom is -0.114 e. The zero-order valence-corrected chi connectivity index (χ0v) is 5.52. The molecule has 0 nitrogen and oxygen atoms in total. The van der Waals surface area contributed by atoms with Crippen LogP contribution in [-0.4, -0.2) is 9.95 Å². The van der Waals surface area contributed by atoms with Crippen molar-refractivity contribution in [3.05, 3.63) is 12.2 Å². The molecule has 7 heavy (non-hydrogen) atoms. The molecule has 0 atom stereocenters. The first-order valence-corrected chi connectivity index (χ1v) is 3.59. The number of thioether (sulfide) groups is 1. The molecule has 1 aliphatic heterocycles. The van der Waals surface area contributed by atoms with E-state index in [4.69, 9.17) is 12.2 Å². The van der Waals surface area contributed by atoms with Crippen LogP contribution in [0.1, 0.15) is 6.42 Å². The molecule has 0 unspecified atom stereocenters. The molecule has 1 rings (SSSR count). The van der Waals surface area contributed by atoms with Gasteiger partial charge in [0.1, 0.15) is 0 Å². The molecule has 0 saturated heterocycles. The number of rotatable bonds is 0. The van der Waals surface area contributed by atoms with E-state index < -0.39 is 0 Å². The molecule has 0 aliphatic carbocycles. The van der Waals surface area contributed by atoms with Gasteiger partial charge in [-0.2, -0.15) is 0 Å². The summed E-state index contributed by atoms with van der Waals surface area (Å²) in [5.41, 5.74) is 0. The van der Waals surface area contributed by atoms with Crippen molar-refractivity contribution in [3.8, 4) is 0 Å². The summed E-state index contributed by atoms with van der Waals surface area (Å²) in [6.07, 6.45) is 5.28. The Morgan fingerprint density at radius 2 is 2.43 bits per heavy atom. The number of thiocarbonyl (C=S) groups is 1. The van der Waals surface area contributed by atoms with Gasteiger partial charge in [0.25, 0.3) is 0 Å². The normalized spacial score (nSPS) is 20.3. The molecule has 0 aromatic carbocycles. The van der Waals surface area contributed by atoms with E-state index >= 15 is 0 Å². The number of hydrogen-bond donors (Lipinski definition) is 0. The van der Waals surface area contributed by atoms with Gasteiger partial charge in [-0.25, -0.2) is 0 Å². The average Bonchev–Trinajstić information content (AvgIpc) is 1.69. The van der Waals surface area contributed by atoms with Crippen LogP contribution in [0.15, 0.2) is 12.2 Å². The molecule has 0 fully saturated rings. The van der Waals surface area contributed by atoms with Crippen molar-refractivity contribution in [2.24, 2.45) is 0 Å². The minimum atomic E-state index is 1.00. The molecule has 0 bridgehead atoms. The molecule has 0 saturated carbocycles. The third-order valence-corrected chi connectivity index (χ3v) is 2.16. The second-order valence-corrected chi connectivity index (χ2v) is 3.22. The molecule has 1 aliphatic rings. The van der Waals surface area contributed by atoms with Crippen LogP contribution in [0.25, 0.3) is 0 Å². The van der Waals surface area contributed by atoms with Crippen LogP contribution < -0.4 is 0 Å². The minimum absolute atomic E-state index is 1.00. The highest BCUT2D eigenvalue weighted by atomic mass is 32.2. The fraction of sp³-hybridized carbons (Fsp3) is 0.400. The lowest BCUT2D eigenvalue weighted by Gasteiger charge is -2.00. The predicted octanol–water partition coefficient (Wildman–Crippen LogP) is 2.01.